The van der Waals surface area contributed by atoms with Crippen LogP contribution in [0, 0.1) is 0 Å². The number of nitrogens with one attached hydrogen (secondary N) is 4. The zero-order chi connectivity index (χ0) is 19.8. The number of hydrogen-bond acceptors (Lipinski definition) is 3. The van der Waals surface area contributed by atoms with Gasteiger partial charge in [-0.2, -0.15) is 0 Å². The summed E-state index contributed by atoms with van der Waals surface area (Å²) in [5.74, 6) is 0.470. The molecule has 0 heterocycles. The Labute approximate surface area is 162 Å². The van der Waals surface area contributed by atoms with Crippen molar-refractivity contribution in [1.29, 1.82) is 0 Å². The molecule has 0 spiro atoms. The van der Waals surface area contributed by atoms with E-state index in [2.05, 4.69) is 21.3 Å². The molecule has 0 bridgehead atoms. The number of carbonyl (C=O) groups is 2. The second-order valence-electron chi connectivity index (χ2n) is 5.81. The Balaban J connectivity index is 1.67. The van der Waals surface area contributed by atoms with Crippen LogP contribution in [0.2, 0.25) is 0 Å². The number of ether oxygens (including phenoxy) is 1. The number of urea groups is 2. The summed E-state index contributed by atoms with van der Waals surface area (Å²) >= 11 is 0. The van der Waals surface area contributed by atoms with Crippen molar-refractivity contribution < 1.29 is 14.3 Å². The van der Waals surface area contributed by atoms with Crippen LogP contribution in [-0.4, -0.2) is 19.2 Å². The van der Waals surface area contributed by atoms with Gasteiger partial charge in [0.2, 0.25) is 0 Å². The number of rotatable bonds is 5. The predicted octanol–water partition coefficient (Wildman–Crippen LogP) is 4.98. The molecule has 142 valence electrons. The fourth-order valence-corrected chi connectivity index (χ4v) is 2.50. The van der Waals surface area contributed by atoms with Gasteiger partial charge < -0.3 is 26.0 Å². The molecule has 0 atom stereocenters. The Morgan fingerprint density at radius 3 is 1.68 bits per heavy atom. The third-order valence-electron chi connectivity index (χ3n) is 3.77. The van der Waals surface area contributed by atoms with E-state index in [9.17, 15) is 9.59 Å². The molecule has 0 saturated heterocycles. The van der Waals surface area contributed by atoms with Crippen molar-refractivity contribution in [3.8, 4) is 5.75 Å². The number of hydrogen-bond donors (Lipinski definition) is 4. The SMILES string of the molecule is COc1ccc(NC(=O)Nc2ccccc2)cc1NC(=O)Nc1ccccc1. The number of carbonyl (C=O) groups excluding carboxylic acids is 2. The van der Waals surface area contributed by atoms with Gasteiger partial charge in [0.1, 0.15) is 5.75 Å². The lowest BCUT2D eigenvalue weighted by Crippen LogP contribution is -2.21. The molecule has 0 saturated carbocycles. The zero-order valence-corrected chi connectivity index (χ0v) is 15.2. The summed E-state index contributed by atoms with van der Waals surface area (Å²) in [6, 6.07) is 22.3. The highest BCUT2D eigenvalue weighted by atomic mass is 16.5. The van der Waals surface area contributed by atoms with Crippen LogP contribution >= 0.6 is 0 Å². The maximum Gasteiger partial charge on any atom is 0.323 e. The van der Waals surface area contributed by atoms with Gasteiger partial charge in [0.25, 0.3) is 0 Å². The summed E-state index contributed by atoms with van der Waals surface area (Å²) in [7, 11) is 1.50. The summed E-state index contributed by atoms with van der Waals surface area (Å²) < 4.78 is 5.28. The van der Waals surface area contributed by atoms with Crippen LogP contribution in [0.25, 0.3) is 0 Å². The molecular weight excluding hydrogens is 356 g/mol. The maximum atomic E-state index is 12.2. The molecule has 3 aromatic rings. The van der Waals surface area contributed by atoms with Crippen molar-refractivity contribution in [1.82, 2.24) is 0 Å². The van der Waals surface area contributed by atoms with Crippen LogP contribution in [0.4, 0.5) is 32.3 Å². The fourth-order valence-electron chi connectivity index (χ4n) is 2.50. The molecule has 4 amide bonds. The molecule has 0 fully saturated rings. The van der Waals surface area contributed by atoms with Crippen LogP contribution in [0.15, 0.2) is 78.9 Å². The molecular formula is C21H20N4O3. The lowest BCUT2D eigenvalue weighted by Gasteiger charge is -2.14. The normalized spacial score (nSPS) is 9.89. The molecule has 0 aromatic heterocycles. The first-order chi connectivity index (χ1) is 13.6. The highest BCUT2D eigenvalue weighted by Crippen LogP contribution is 2.28. The number of amides is 4. The minimum atomic E-state index is -0.421. The summed E-state index contributed by atoms with van der Waals surface area (Å²) in [5.41, 5.74) is 2.27. The largest absolute Gasteiger partial charge is 0.495 e. The van der Waals surface area contributed by atoms with Gasteiger partial charge in [-0.3, -0.25) is 0 Å². The van der Waals surface area contributed by atoms with E-state index in [-0.39, 0.29) is 0 Å². The Morgan fingerprint density at radius 2 is 1.14 bits per heavy atom. The van der Waals surface area contributed by atoms with E-state index < -0.39 is 12.1 Å². The van der Waals surface area contributed by atoms with Gasteiger partial charge in [-0.1, -0.05) is 36.4 Å². The summed E-state index contributed by atoms with van der Waals surface area (Å²) in [4.78, 5) is 24.4. The predicted molar refractivity (Wildman–Crippen MR) is 111 cm³/mol. The summed E-state index contributed by atoms with van der Waals surface area (Å²) in [6.07, 6.45) is 0. The topological polar surface area (TPSA) is 91.5 Å². The van der Waals surface area contributed by atoms with E-state index in [0.29, 0.717) is 28.5 Å². The van der Waals surface area contributed by atoms with Crippen LogP contribution < -0.4 is 26.0 Å². The number of methoxy groups -OCH3 is 1. The van der Waals surface area contributed by atoms with Gasteiger partial charge in [0.05, 0.1) is 12.8 Å². The molecule has 28 heavy (non-hydrogen) atoms. The number of benzene rings is 3. The fraction of sp³-hybridized carbons (Fsp3) is 0.0476. The van der Waals surface area contributed by atoms with Crippen molar-refractivity contribution in [3.63, 3.8) is 0 Å². The van der Waals surface area contributed by atoms with Crippen molar-refractivity contribution in [2.75, 3.05) is 28.4 Å². The van der Waals surface area contributed by atoms with Crippen molar-refractivity contribution in [2.24, 2.45) is 0 Å². The maximum absolute atomic E-state index is 12.2. The quantitative estimate of drug-likeness (QED) is 0.506. The van der Waals surface area contributed by atoms with E-state index in [1.165, 1.54) is 7.11 Å². The van der Waals surface area contributed by atoms with Crippen LogP contribution in [-0.2, 0) is 0 Å². The monoisotopic (exact) mass is 376 g/mol. The molecule has 0 unspecified atom stereocenters. The van der Waals surface area contributed by atoms with Gasteiger partial charge in [0, 0.05) is 17.1 Å². The third kappa shape index (κ3) is 5.25. The molecule has 0 aliphatic rings. The highest BCUT2D eigenvalue weighted by molar-refractivity contribution is 6.03. The van der Waals surface area contributed by atoms with Gasteiger partial charge in [0.15, 0.2) is 0 Å². The van der Waals surface area contributed by atoms with E-state index in [1.54, 1.807) is 42.5 Å². The van der Waals surface area contributed by atoms with Crippen molar-refractivity contribution in [2.45, 2.75) is 0 Å². The molecule has 4 N–H and O–H groups in total. The van der Waals surface area contributed by atoms with Gasteiger partial charge >= 0.3 is 12.1 Å². The van der Waals surface area contributed by atoms with Crippen LogP contribution in [0.3, 0.4) is 0 Å². The Bertz CT molecular complexity index is 946. The molecule has 3 rings (SSSR count). The molecule has 0 radical (unpaired) electrons. The van der Waals surface area contributed by atoms with Gasteiger partial charge in [-0.25, -0.2) is 9.59 Å². The second kappa shape index (κ2) is 9.09. The Hall–Kier alpha value is -4.00. The second-order valence-corrected chi connectivity index (χ2v) is 5.81. The first-order valence-corrected chi connectivity index (χ1v) is 8.58. The van der Waals surface area contributed by atoms with Crippen molar-refractivity contribution >= 4 is 34.8 Å². The van der Waals surface area contributed by atoms with E-state index in [4.69, 9.17) is 4.74 Å². The zero-order valence-electron chi connectivity index (χ0n) is 15.2. The minimum Gasteiger partial charge on any atom is -0.495 e. The third-order valence-corrected chi connectivity index (χ3v) is 3.77. The number of anilines is 4. The van der Waals surface area contributed by atoms with Crippen LogP contribution in [0.5, 0.6) is 5.75 Å². The molecule has 7 nitrogen and oxygen atoms in total. The molecule has 0 aliphatic heterocycles. The van der Waals surface area contributed by atoms with Gasteiger partial charge in [-0.15, -0.1) is 0 Å². The standard InChI is InChI=1S/C21H20N4O3/c1-28-19-13-12-17(24-20(26)22-15-8-4-2-5-9-15)14-18(19)25-21(27)23-16-10-6-3-7-11-16/h2-14H,1H3,(H2,22,24,26)(H2,23,25,27). The Morgan fingerprint density at radius 1 is 0.643 bits per heavy atom. The van der Waals surface area contributed by atoms with E-state index in [1.807, 2.05) is 36.4 Å². The van der Waals surface area contributed by atoms with Crippen LogP contribution in [0.1, 0.15) is 0 Å². The molecule has 3 aromatic carbocycles. The first-order valence-electron chi connectivity index (χ1n) is 8.58. The summed E-state index contributed by atoms with van der Waals surface area (Å²) in [6.45, 7) is 0. The van der Waals surface area contributed by atoms with E-state index >= 15 is 0 Å². The van der Waals surface area contributed by atoms with Crippen molar-refractivity contribution in [3.05, 3.63) is 78.9 Å². The Kier molecular flexibility index (Phi) is 6.10. The summed E-state index contributed by atoms with van der Waals surface area (Å²) in [5, 5.41) is 10.9. The first kappa shape index (κ1) is 18.8. The number of para-hydroxylation sites is 2. The molecule has 0 aliphatic carbocycles. The lowest BCUT2D eigenvalue weighted by molar-refractivity contribution is 0.261. The van der Waals surface area contributed by atoms with Gasteiger partial charge in [-0.05, 0) is 42.5 Å². The average molecular weight is 376 g/mol. The molecule has 7 heteroatoms. The smallest absolute Gasteiger partial charge is 0.323 e. The highest BCUT2D eigenvalue weighted by Gasteiger charge is 2.10. The average Bonchev–Trinajstić information content (AvgIpc) is 2.69. The minimum absolute atomic E-state index is 0.393. The van der Waals surface area contributed by atoms with E-state index in [0.717, 1.165) is 0 Å². The lowest BCUT2D eigenvalue weighted by atomic mass is 10.2.